The Kier molecular flexibility index (Phi) is 9.65. The lowest BCUT2D eigenvalue weighted by Gasteiger charge is -2.29. The number of benzene rings is 1. The monoisotopic (exact) mass is 576 g/mol. The van der Waals surface area contributed by atoms with E-state index in [0.29, 0.717) is 5.56 Å². The Balaban J connectivity index is 2.97. The molecule has 32 heavy (non-hydrogen) atoms. The van der Waals surface area contributed by atoms with Crippen LogP contribution in [-0.2, 0) is 30.3 Å². The van der Waals surface area contributed by atoms with Gasteiger partial charge in [-0.3, -0.25) is 19.2 Å². The molecule has 0 atom stereocenters. The summed E-state index contributed by atoms with van der Waals surface area (Å²) in [7, 11) is 0. The van der Waals surface area contributed by atoms with Gasteiger partial charge in [0.25, 0.3) is 0 Å². The van der Waals surface area contributed by atoms with Crippen molar-refractivity contribution in [1.82, 2.24) is 0 Å². The maximum Gasteiger partial charge on any atom is 0.322 e. The molecule has 0 spiro atoms. The number of rotatable bonds is 11. The molecule has 0 saturated heterocycles. The number of carbonyl (C=O) groups is 4. The number of hydrogen-bond acceptors (Lipinski definition) is 7. The highest BCUT2D eigenvalue weighted by atomic mass is 79.9. The molecule has 0 unspecified atom stereocenters. The van der Waals surface area contributed by atoms with E-state index in [9.17, 15) is 24.3 Å². The van der Waals surface area contributed by atoms with Gasteiger partial charge < -0.3 is 14.6 Å². The number of phenols is 1. The second kappa shape index (κ2) is 10.9. The van der Waals surface area contributed by atoms with Crippen molar-refractivity contribution < 1.29 is 33.8 Å². The van der Waals surface area contributed by atoms with Crippen LogP contribution in [-0.4, -0.2) is 50.5 Å². The summed E-state index contributed by atoms with van der Waals surface area (Å²) < 4.78 is 8.82. The first-order chi connectivity index (χ1) is 14.5. The Morgan fingerprint density at radius 1 is 0.906 bits per heavy atom. The summed E-state index contributed by atoms with van der Waals surface area (Å²) in [6, 6.07) is 4.63. The van der Waals surface area contributed by atoms with E-state index < -0.39 is 26.0 Å². The molecule has 0 saturated carbocycles. The van der Waals surface area contributed by atoms with Crippen LogP contribution in [0.3, 0.4) is 0 Å². The highest BCUT2D eigenvalue weighted by Gasteiger charge is 2.39. The number of aromatic hydroxyl groups is 1. The number of carbonyl (C=O) groups excluding carboxylic acids is 4. The number of phenolic OH excluding ortho intramolecular Hbond substituents is 1. The zero-order valence-corrected chi connectivity index (χ0v) is 22.4. The number of alkyl halides is 2. The van der Waals surface area contributed by atoms with Crippen LogP contribution in [0.4, 0.5) is 0 Å². The van der Waals surface area contributed by atoms with Gasteiger partial charge in [-0.05, 0) is 65.7 Å². The third kappa shape index (κ3) is 8.31. The Morgan fingerprint density at radius 2 is 1.38 bits per heavy atom. The van der Waals surface area contributed by atoms with Crippen molar-refractivity contribution in [3.63, 3.8) is 0 Å². The van der Waals surface area contributed by atoms with E-state index in [1.54, 1.807) is 40.7 Å². The summed E-state index contributed by atoms with van der Waals surface area (Å²) >= 11 is 6.44. The molecule has 0 aliphatic rings. The number of ketones is 2. The van der Waals surface area contributed by atoms with Gasteiger partial charge in [-0.1, -0.05) is 37.9 Å². The van der Waals surface area contributed by atoms with Crippen molar-refractivity contribution in [3.05, 3.63) is 29.3 Å². The number of esters is 2. The minimum Gasteiger partial charge on any atom is -0.507 e. The van der Waals surface area contributed by atoms with Gasteiger partial charge in [-0.15, -0.1) is 0 Å². The van der Waals surface area contributed by atoms with Crippen LogP contribution >= 0.6 is 31.9 Å². The largest absolute Gasteiger partial charge is 0.507 e. The molecule has 1 N–H and O–H groups in total. The van der Waals surface area contributed by atoms with E-state index in [4.69, 9.17) is 9.47 Å². The molecular weight excluding hydrogens is 548 g/mol. The van der Waals surface area contributed by atoms with Gasteiger partial charge in [0.05, 0.1) is 11.0 Å². The van der Waals surface area contributed by atoms with Crippen LogP contribution < -0.4 is 0 Å². The van der Waals surface area contributed by atoms with Gasteiger partial charge in [-0.25, -0.2) is 0 Å². The smallest absolute Gasteiger partial charge is 0.322 e. The van der Waals surface area contributed by atoms with Crippen molar-refractivity contribution in [2.45, 2.75) is 63.0 Å². The van der Waals surface area contributed by atoms with Crippen LogP contribution in [0.15, 0.2) is 18.2 Å². The molecule has 178 valence electrons. The van der Waals surface area contributed by atoms with Crippen molar-refractivity contribution in [3.8, 4) is 5.75 Å². The van der Waals surface area contributed by atoms with E-state index in [1.807, 2.05) is 0 Å². The zero-order valence-electron chi connectivity index (χ0n) is 19.2. The molecule has 0 aliphatic heterocycles. The molecule has 0 bridgehead atoms. The number of halogens is 2. The number of aryl methyl sites for hydroxylation is 1. The van der Waals surface area contributed by atoms with Gasteiger partial charge in [-0.2, -0.15) is 0 Å². The molecule has 9 heteroatoms. The van der Waals surface area contributed by atoms with Crippen LogP contribution in [0.25, 0.3) is 0 Å². The minimum absolute atomic E-state index is 0.0554. The zero-order chi connectivity index (χ0) is 24.9. The molecule has 0 fully saturated rings. The van der Waals surface area contributed by atoms with Crippen LogP contribution in [0.2, 0.25) is 0 Å². The number of ether oxygens (including phenoxy) is 2. The van der Waals surface area contributed by atoms with E-state index in [0.717, 1.165) is 0 Å². The number of Topliss-reactive ketones (excluding diaryl/α,β-unsaturated/α-hetero) is 2. The molecule has 7 nitrogen and oxygen atoms in total. The van der Waals surface area contributed by atoms with Gasteiger partial charge in [0.1, 0.15) is 33.4 Å². The second-order valence-electron chi connectivity index (χ2n) is 8.99. The lowest BCUT2D eigenvalue weighted by atomic mass is 9.84. The molecule has 0 amide bonds. The lowest BCUT2D eigenvalue weighted by Crippen LogP contribution is -2.42. The van der Waals surface area contributed by atoms with Gasteiger partial charge in [0.15, 0.2) is 5.78 Å². The fourth-order valence-electron chi connectivity index (χ4n) is 2.59. The third-order valence-electron chi connectivity index (χ3n) is 4.77. The molecule has 0 aromatic heterocycles. The molecule has 1 aromatic rings. The predicted octanol–water partition coefficient (Wildman–Crippen LogP) is 4.54. The summed E-state index contributed by atoms with van der Waals surface area (Å²) in [4.78, 5) is 48.9. The van der Waals surface area contributed by atoms with E-state index in [1.165, 1.54) is 19.1 Å². The maximum absolute atomic E-state index is 13.1. The van der Waals surface area contributed by atoms with E-state index >= 15 is 0 Å². The van der Waals surface area contributed by atoms with Crippen LogP contribution in [0.1, 0.15) is 63.9 Å². The summed E-state index contributed by atoms with van der Waals surface area (Å²) in [5, 5.41) is 10.0. The molecular formula is C23H30Br2O7. The average Bonchev–Trinajstić information content (AvgIpc) is 2.66. The number of hydrogen-bond donors (Lipinski definition) is 1. The van der Waals surface area contributed by atoms with Crippen molar-refractivity contribution in [2.24, 2.45) is 5.41 Å². The standard InChI is InChI=1S/C23H30Br2O7/c1-14(26)16-9-7-15(11-17(16)27)8-10-18(28)23(6,12-31-19(29)21(2,3)24)13-32-20(30)22(4,5)25/h7,9,11,27H,8,10,12-13H2,1-6H3. The SMILES string of the molecule is CC(=O)c1ccc(CCC(=O)C(C)(COC(=O)C(C)(C)Br)COC(=O)C(C)(C)Br)cc1O. The Labute approximate surface area is 205 Å². The average molecular weight is 578 g/mol. The van der Waals surface area contributed by atoms with Crippen molar-refractivity contribution >= 4 is 55.4 Å². The van der Waals surface area contributed by atoms with Gasteiger partial charge in [0.2, 0.25) is 0 Å². The molecule has 0 heterocycles. The Morgan fingerprint density at radius 3 is 1.75 bits per heavy atom. The van der Waals surface area contributed by atoms with Crippen molar-refractivity contribution in [1.29, 1.82) is 0 Å². The first kappa shape index (κ1) is 28.3. The van der Waals surface area contributed by atoms with Crippen LogP contribution in [0.5, 0.6) is 5.75 Å². The fourth-order valence-corrected chi connectivity index (χ4v) is 2.81. The maximum atomic E-state index is 13.1. The van der Waals surface area contributed by atoms with Gasteiger partial charge >= 0.3 is 11.9 Å². The van der Waals surface area contributed by atoms with Crippen molar-refractivity contribution in [2.75, 3.05) is 13.2 Å². The lowest BCUT2D eigenvalue weighted by molar-refractivity contribution is -0.158. The second-order valence-corrected chi connectivity index (χ2v) is 13.0. The summed E-state index contributed by atoms with van der Waals surface area (Å²) in [6.07, 6.45) is 0.343. The highest BCUT2D eigenvalue weighted by molar-refractivity contribution is 9.10. The van der Waals surface area contributed by atoms with E-state index in [-0.39, 0.29) is 48.9 Å². The minimum atomic E-state index is -1.26. The normalized spacial score (nSPS) is 12.2. The Bertz CT molecular complexity index is 849. The summed E-state index contributed by atoms with van der Waals surface area (Å²) in [6.45, 7) is 8.91. The topological polar surface area (TPSA) is 107 Å². The van der Waals surface area contributed by atoms with E-state index in [2.05, 4.69) is 31.9 Å². The fraction of sp³-hybridized carbons (Fsp3) is 0.565. The molecule has 0 radical (unpaired) electrons. The molecule has 0 aliphatic carbocycles. The first-order valence-electron chi connectivity index (χ1n) is 10.1. The Hall–Kier alpha value is -1.74. The third-order valence-corrected chi connectivity index (χ3v) is 5.42. The van der Waals surface area contributed by atoms with Gasteiger partial charge in [0, 0.05) is 6.42 Å². The predicted molar refractivity (Wildman–Crippen MR) is 127 cm³/mol. The van der Waals surface area contributed by atoms with Crippen LogP contribution in [0, 0.1) is 5.41 Å². The molecule has 1 rings (SSSR count). The summed E-state index contributed by atoms with van der Waals surface area (Å²) in [5.74, 6) is -1.77. The summed E-state index contributed by atoms with van der Waals surface area (Å²) in [5.41, 5.74) is -0.387. The highest BCUT2D eigenvalue weighted by Crippen LogP contribution is 2.28. The molecule has 1 aromatic carbocycles. The first-order valence-corrected chi connectivity index (χ1v) is 11.6. The quantitative estimate of drug-likeness (QED) is 0.234.